The van der Waals surface area contributed by atoms with Gasteiger partial charge in [0.05, 0.1) is 5.92 Å². The minimum atomic E-state index is -0.839. The Kier molecular flexibility index (Phi) is 6.02. The molecule has 1 aromatic heterocycles. The maximum atomic E-state index is 11.7. The zero-order valence-corrected chi connectivity index (χ0v) is 12.5. The summed E-state index contributed by atoms with van der Waals surface area (Å²) in [6, 6.07) is 9.76. The van der Waals surface area contributed by atoms with E-state index < -0.39 is 11.9 Å². The van der Waals surface area contributed by atoms with Crippen molar-refractivity contribution >= 4 is 5.97 Å². The first-order valence-corrected chi connectivity index (χ1v) is 7.21. The van der Waals surface area contributed by atoms with Crippen molar-refractivity contribution in [3.8, 4) is 0 Å². The van der Waals surface area contributed by atoms with Gasteiger partial charge in [-0.15, -0.1) is 5.10 Å². The summed E-state index contributed by atoms with van der Waals surface area (Å²) in [5, 5.41) is 23.4. The van der Waals surface area contributed by atoms with E-state index in [0.717, 1.165) is 5.56 Å². The number of H-pyrrole nitrogens is 1. The van der Waals surface area contributed by atoms with Crippen LogP contribution in [0.2, 0.25) is 0 Å². The average molecular weight is 304 g/mol. The van der Waals surface area contributed by atoms with Crippen LogP contribution in [0.3, 0.4) is 0 Å². The Morgan fingerprint density at radius 2 is 2.14 bits per heavy atom. The molecule has 7 nitrogen and oxygen atoms in total. The smallest absolute Gasteiger partial charge is 0.307 e. The molecule has 2 rings (SSSR count). The number of ether oxygens (including phenoxy) is 1. The van der Waals surface area contributed by atoms with E-state index in [9.17, 15) is 9.90 Å². The molecule has 22 heavy (non-hydrogen) atoms. The Morgan fingerprint density at radius 1 is 1.36 bits per heavy atom. The fourth-order valence-corrected chi connectivity index (χ4v) is 2.57. The number of aromatic nitrogens is 4. The maximum absolute atomic E-state index is 11.7. The van der Waals surface area contributed by atoms with Gasteiger partial charge in [0, 0.05) is 19.6 Å². The van der Waals surface area contributed by atoms with Crippen molar-refractivity contribution < 1.29 is 14.6 Å². The van der Waals surface area contributed by atoms with Crippen molar-refractivity contribution in [2.45, 2.75) is 25.2 Å². The van der Waals surface area contributed by atoms with Gasteiger partial charge in [0.15, 0.2) is 5.82 Å². The second kappa shape index (κ2) is 8.23. The number of carbonyl (C=O) groups is 1. The number of carboxylic acid groups (broad SMARTS) is 1. The van der Waals surface area contributed by atoms with Crippen molar-refractivity contribution in [2.75, 3.05) is 13.7 Å². The highest BCUT2D eigenvalue weighted by Crippen LogP contribution is 2.29. The monoisotopic (exact) mass is 304 g/mol. The molecule has 0 spiro atoms. The summed E-state index contributed by atoms with van der Waals surface area (Å²) in [6.07, 6.45) is 1.77. The summed E-state index contributed by atoms with van der Waals surface area (Å²) in [4.78, 5) is 11.7. The van der Waals surface area contributed by atoms with Crippen LogP contribution in [0.4, 0.5) is 0 Å². The highest BCUT2D eigenvalue weighted by atomic mass is 16.5. The number of rotatable bonds is 9. The van der Waals surface area contributed by atoms with E-state index in [0.29, 0.717) is 31.7 Å². The molecule has 0 saturated carbocycles. The second-order valence-electron chi connectivity index (χ2n) is 5.16. The van der Waals surface area contributed by atoms with Crippen LogP contribution in [0.25, 0.3) is 0 Å². The summed E-state index contributed by atoms with van der Waals surface area (Å²) in [7, 11) is 1.61. The van der Waals surface area contributed by atoms with Crippen LogP contribution >= 0.6 is 0 Å². The van der Waals surface area contributed by atoms with Crippen LogP contribution in [0.5, 0.6) is 0 Å². The van der Waals surface area contributed by atoms with Crippen molar-refractivity contribution in [1.82, 2.24) is 20.6 Å². The molecule has 2 N–H and O–H groups in total. The van der Waals surface area contributed by atoms with Crippen molar-refractivity contribution in [3.63, 3.8) is 0 Å². The predicted molar refractivity (Wildman–Crippen MR) is 79.3 cm³/mol. The van der Waals surface area contributed by atoms with Gasteiger partial charge in [-0.2, -0.15) is 0 Å². The minimum absolute atomic E-state index is 0.299. The molecule has 0 aliphatic rings. The molecule has 0 aliphatic heterocycles. The minimum Gasteiger partial charge on any atom is -0.481 e. The number of tetrazole rings is 1. The number of nitrogens with zero attached hydrogens (tertiary/aromatic N) is 3. The standard InChI is InChI=1S/C15H20N4O3/c1-22-9-5-8-12(15(20)21)13(14-16-18-19-17-14)10-11-6-3-2-4-7-11/h2-4,6-7,12-13H,5,8-10H2,1H3,(H,20,21)(H,16,17,18,19)/t12-,13-/m0/s1. The van der Waals surface area contributed by atoms with Gasteiger partial charge >= 0.3 is 5.97 Å². The lowest BCUT2D eigenvalue weighted by molar-refractivity contribution is -0.143. The van der Waals surface area contributed by atoms with E-state index in [2.05, 4.69) is 20.6 Å². The quantitative estimate of drug-likeness (QED) is 0.683. The van der Waals surface area contributed by atoms with Crippen molar-refractivity contribution in [2.24, 2.45) is 5.92 Å². The van der Waals surface area contributed by atoms with Crippen LogP contribution in [0.15, 0.2) is 30.3 Å². The highest BCUT2D eigenvalue weighted by Gasteiger charge is 2.31. The van der Waals surface area contributed by atoms with Gasteiger partial charge in [-0.3, -0.25) is 4.79 Å². The lowest BCUT2D eigenvalue weighted by Crippen LogP contribution is -2.25. The van der Waals surface area contributed by atoms with Crippen LogP contribution in [-0.2, 0) is 16.0 Å². The van der Waals surface area contributed by atoms with E-state index in [1.807, 2.05) is 30.3 Å². The number of benzene rings is 1. The molecule has 0 aliphatic carbocycles. The predicted octanol–water partition coefficient (Wildman–Crippen LogP) is 1.65. The maximum Gasteiger partial charge on any atom is 0.307 e. The zero-order chi connectivity index (χ0) is 15.8. The lowest BCUT2D eigenvalue weighted by atomic mass is 9.83. The molecule has 0 radical (unpaired) electrons. The van der Waals surface area contributed by atoms with Gasteiger partial charge < -0.3 is 9.84 Å². The lowest BCUT2D eigenvalue weighted by Gasteiger charge is -2.21. The van der Waals surface area contributed by atoms with Crippen LogP contribution in [-0.4, -0.2) is 45.4 Å². The Balaban J connectivity index is 2.20. The SMILES string of the molecule is COCCC[C@H](C(=O)O)[C@H](Cc1ccccc1)c1nnn[nH]1. The number of aliphatic carboxylic acids is 1. The Labute approximate surface area is 128 Å². The van der Waals surface area contributed by atoms with Gasteiger partial charge in [0.2, 0.25) is 0 Å². The summed E-state index contributed by atoms with van der Waals surface area (Å²) in [5.74, 6) is -1.20. The largest absolute Gasteiger partial charge is 0.481 e. The number of hydrogen-bond donors (Lipinski definition) is 2. The summed E-state index contributed by atoms with van der Waals surface area (Å²) in [5.41, 5.74) is 1.06. The molecule has 1 aromatic carbocycles. The number of aromatic amines is 1. The third kappa shape index (κ3) is 4.36. The molecule has 0 unspecified atom stereocenters. The fraction of sp³-hybridized carbons (Fsp3) is 0.467. The van der Waals surface area contributed by atoms with Crippen LogP contribution < -0.4 is 0 Å². The molecule has 2 aromatic rings. The fourth-order valence-electron chi connectivity index (χ4n) is 2.57. The van der Waals surface area contributed by atoms with Gasteiger partial charge in [-0.25, -0.2) is 5.10 Å². The molecule has 0 fully saturated rings. The number of carboxylic acids is 1. The molecule has 0 amide bonds. The molecule has 2 atom stereocenters. The summed E-state index contributed by atoms with van der Waals surface area (Å²) >= 11 is 0. The van der Waals surface area contributed by atoms with E-state index in [4.69, 9.17) is 4.74 Å². The number of hydrogen-bond acceptors (Lipinski definition) is 5. The molecule has 0 bridgehead atoms. The molecule has 7 heteroatoms. The topological polar surface area (TPSA) is 101 Å². The van der Waals surface area contributed by atoms with Crippen LogP contribution in [0, 0.1) is 5.92 Å². The van der Waals surface area contributed by atoms with Gasteiger partial charge in [0.25, 0.3) is 0 Å². The number of methoxy groups -OCH3 is 1. The third-order valence-corrected chi connectivity index (χ3v) is 3.68. The molecular formula is C15H20N4O3. The Bertz CT molecular complexity index is 559. The Morgan fingerprint density at radius 3 is 2.73 bits per heavy atom. The summed E-state index contributed by atoms with van der Waals surface area (Å²) in [6.45, 7) is 0.538. The molecule has 0 saturated heterocycles. The molecule has 118 valence electrons. The first kappa shape index (κ1) is 16.1. The van der Waals surface area contributed by atoms with E-state index in [-0.39, 0.29) is 5.92 Å². The third-order valence-electron chi connectivity index (χ3n) is 3.68. The highest BCUT2D eigenvalue weighted by molar-refractivity contribution is 5.71. The van der Waals surface area contributed by atoms with E-state index in [1.54, 1.807) is 7.11 Å². The molecule has 1 heterocycles. The molecular weight excluding hydrogens is 284 g/mol. The number of nitrogens with one attached hydrogen (secondary N) is 1. The van der Waals surface area contributed by atoms with E-state index >= 15 is 0 Å². The zero-order valence-electron chi connectivity index (χ0n) is 12.5. The van der Waals surface area contributed by atoms with Gasteiger partial charge in [-0.1, -0.05) is 30.3 Å². The first-order valence-electron chi connectivity index (χ1n) is 7.21. The van der Waals surface area contributed by atoms with Crippen LogP contribution in [0.1, 0.15) is 30.1 Å². The van der Waals surface area contributed by atoms with Gasteiger partial charge in [-0.05, 0) is 35.3 Å². The van der Waals surface area contributed by atoms with Gasteiger partial charge in [0.1, 0.15) is 0 Å². The first-order chi connectivity index (χ1) is 10.7. The average Bonchev–Trinajstić information content (AvgIpc) is 3.05. The van der Waals surface area contributed by atoms with Crippen molar-refractivity contribution in [3.05, 3.63) is 41.7 Å². The second-order valence-corrected chi connectivity index (χ2v) is 5.16. The van der Waals surface area contributed by atoms with E-state index in [1.165, 1.54) is 0 Å². The Hall–Kier alpha value is -2.28. The summed E-state index contributed by atoms with van der Waals surface area (Å²) < 4.78 is 5.02. The van der Waals surface area contributed by atoms with Crippen molar-refractivity contribution in [1.29, 1.82) is 0 Å². The normalized spacial score (nSPS) is 13.7.